The van der Waals surface area contributed by atoms with Crippen molar-refractivity contribution in [1.82, 2.24) is 10.6 Å². The molecule has 12 nitrogen and oxygen atoms in total. The Kier molecular flexibility index (Phi) is 7.36. The number of hydrogen-bond donors (Lipinski definition) is 7. The molecular formula is C8H17N3O9P2. The second-order valence-electron chi connectivity index (χ2n) is 4.41. The third-order valence-electron chi connectivity index (χ3n) is 2.19. The number of carbonyl (C=O) groups excluding carboxylic acids is 3. The SMILES string of the molecule is CC(=O)NC(CP(=O)(O)O)C(=O)NC(CP(=O)(O)O)C(N)=O. The Hall–Kier alpha value is -1.29. The minimum Gasteiger partial charge on any atom is -0.368 e. The van der Waals surface area contributed by atoms with Crippen molar-refractivity contribution in [3.63, 3.8) is 0 Å². The van der Waals surface area contributed by atoms with Gasteiger partial charge in [-0.1, -0.05) is 0 Å². The van der Waals surface area contributed by atoms with Crippen molar-refractivity contribution >= 4 is 32.9 Å². The van der Waals surface area contributed by atoms with E-state index in [0.29, 0.717) is 0 Å². The van der Waals surface area contributed by atoms with Gasteiger partial charge in [-0.05, 0) is 0 Å². The van der Waals surface area contributed by atoms with Crippen LogP contribution in [0.25, 0.3) is 0 Å². The van der Waals surface area contributed by atoms with Crippen LogP contribution in [0, 0.1) is 0 Å². The molecule has 8 N–H and O–H groups in total. The standard InChI is InChI=1S/C8H17N3O9P2/c1-4(12)10-6(3-22(18,19)20)8(14)11-5(7(9)13)2-21(15,16)17/h5-6H,2-3H2,1H3,(H2,9,13)(H,10,12)(H,11,14)(H2,15,16,17)(H2,18,19,20). The molecule has 2 atom stereocenters. The van der Waals surface area contributed by atoms with Gasteiger partial charge in [-0.3, -0.25) is 23.5 Å². The summed E-state index contributed by atoms with van der Waals surface area (Å²) in [6.45, 7) is 0.987. The van der Waals surface area contributed by atoms with Gasteiger partial charge in [0.2, 0.25) is 17.7 Å². The molecule has 0 aliphatic carbocycles. The second-order valence-corrected chi connectivity index (χ2v) is 7.80. The molecule has 0 aromatic heterocycles. The molecule has 0 aliphatic rings. The summed E-state index contributed by atoms with van der Waals surface area (Å²) in [5, 5.41) is 3.79. The summed E-state index contributed by atoms with van der Waals surface area (Å²) in [7, 11) is -9.37. The summed E-state index contributed by atoms with van der Waals surface area (Å²) in [5.74, 6) is -3.25. The van der Waals surface area contributed by atoms with Crippen LogP contribution in [-0.4, -0.2) is 61.7 Å². The van der Waals surface area contributed by atoms with E-state index in [1.807, 2.05) is 10.6 Å². The van der Waals surface area contributed by atoms with Crippen molar-refractivity contribution in [3.05, 3.63) is 0 Å². The van der Waals surface area contributed by atoms with Gasteiger partial charge in [0.05, 0.1) is 12.3 Å². The molecule has 3 amide bonds. The lowest BCUT2D eigenvalue weighted by Gasteiger charge is -2.22. The van der Waals surface area contributed by atoms with Crippen LogP contribution in [-0.2, 0) is 23.5 Å². The van der Waals surface area contributed by atoms with Crippen LogP contribution < -0.4 is 16.4 Å². The largest absolute Gasteiger partial charge is 0.368 e. The molecule has 0 aromatic rings. The Balaban J connectivity index is 5.12. The summed E-state index contributed by atoms with van der Waals surface area (Å²) in [6.07, 6.45) is -2.14. The highest BCUT2D eigenvalue weighted by Crippen LogP contribution is 2.36. The molecule has 0 aromatic carbocycles. The van der Waals surface area contributed by atoms with Crippen LogP contribution in [0.3, 0.4) is 0 Å². The van der Waals surface area contributed by atoms with E-state index in [1.165, 1.54) is 0 Å². The molecule has 0 rings (SSSR count). The average Bonchev–Trinajstić information content (AvgIpc) is 2.22. The quantitative estimate of drug-likeness (QED) is 0.216. The van der Waals surface area contributed by atoms with Gasteiger partial charge in [0.25, 0.3) is 0 Å². The molecule has 22 heavy (non-hydrogen) atoms. The van der Waals surface area contributed by atoms with Gasteiger partial charge in [0.15, 0.2) is 0 Å². The zero-order valence-electron chi connectivity index (χ0n) is 11.4. The van der Waals surface area contributed by atoms with Crippen LogP contribution in [0.1, 0.15) is 6.92 Å². The molecular weight excluding hydrogens is 344 g/mol. The normalized spacial score (nSPS) is 14.8. The Bertz CT molecular complexity index is 539. The monoisotopic (exact) mass is 361 g/mol. The lowest BCUT2D eigenvalue weighted by Crippen LogP contribution is -2.54. The minimum absolute atomic E-state index is 0.779. The Morgan fingerprint density at radius 2 is 1.36 bits per heavy atom. The Labute approximate surface area is 124 Å². The Morgan fingerprint density at radius 3 is 1.68 bits per heavy atom. The number of carbonyl (C=O) groups is 3. The topological polar surface area (TPSA) is 216 Å². The lowest BCUT2D eigenvalue weighted by molar-refractivity contribution is -0.130. The summed E-state index contributed by atoms with van der Waals surface area (Å²) in [6, 6.07) is -3.46. The van der Waals surface area contributed by atoms with Crippen molar-refractivity contribution in [2.75, 3.05) is 12.3 Å². The lowest BCUT2D eigenvalue weighted by atomic mass is 10.2. The van der Waals surface area contributed by atoms with Crippen molar-refractivity contribution in [2.45, 2.75) is 19.0 Å². The summed E-state index contributed by atoms with van der Waals surface area (Å²) >= 11 is 0. The molecule has 0 aliphatic heterocycles. The third kappa shape index (κ3) is 9.61. The molecule has 2 unspecified atom stereocenters. The van der Waals surface area contributed by atoms with Crippen LogP contribution in [0.15, 0.2) is 0 Å². The fraction of sp³-hybridized carbons (Fsp3) is 0.625. The number of rotatable bonds is 8. The maximum atomic E-state index is 11.8. The van der Waals surface area contributed by atoms with Gasteiger partial charge in [-0.2, -0.15) is 0 Å². The van der Waals surface area contributed by atoms with E-state index in [-0.39, 0.29) is 0 Å². The molecule has 0 bridgehead atoms. The predicted octanol–water partition coefficient (Wildman–Crippen LogP) is -3.18. The van der Waals surface area contributed by atoms with Gasteiger partial charge in [0.1, 0.15) is 12.1 Å². The highest BCUT2D eigenvalue weighted by atomic mass is 31.2. The van der Waals surface area contributed by atoms with Crippen LogP contribution in [0.5, 0.6) is 0 Å². The van der Waals surface area contributed by atoms with E-state index in [1.54, 1.807) is 0 Å². The van der Waals surface area contributed by atoms with Crippen LogP contribution in [0.4, 0.5) is 0 Å². The zero-order chi connectivity index (χ0) is 17.7. The van der Waals surface area contributed by atoms with Crippen LogP contribution >= 0.6 is 15.2 Å². The van der Waals surface area contributed by atoms with Gasteiger partial charge in [-0.15, -0.1) is 0 Å². The highest BCUT2D eigenvalue weighted by Gasteiger charge is 2.33. The summed E-state index contributed by atoms with van der Waals surface area (Å²) in [4.78, 5) is 69.1. The molecule has 0 fully saturated rings. The molecule has 0 saturated carbocycles. The van der Waals surface area contributed by atoms with Crippen molar-refractivity contribution in [2.24, 2.45) is 5.73 Å². The number of hydrogen-bond acceptors (Lipinski definition) is 5. The minimum atomic E-state index is -4.69. The van der Waals surface area contributed by atoms with Gasteiger partial charge in [-0.25, -0.2) is 0 Å². The highest BCUT2D eigenvalue weighted by molar-refractivity contribution is 7.52. The van der Waals surface area contributed by atoms with E-state index in [9.17, 15) is 23.5 Å². The van der Waals surface area contributed by atoms with E-state index in [0.717, 1.165) is 6.92 Å². The van der Waals surface area contributed by atoms with Crippen molar-refractivity contribution < 1.29 is 43.1 Å². The number of nitrogens with two attached hydrogens (primary N) is 1. The molecule has 128 valence electrons. The van der Waals surface area contributed by atoms with Crippen molar-refractivity contribution in [3.8, 4) is 0 Å². The molecule has 14 heteroatoms. The number of primary amides is 1. The first kappa shape index (κ1) is 20.7. The Morgan fingerprint density at radius 1 is 0.955 bits per heavy atom. The fourth-order valence-electron chi connectivity index (χ4n) is 1.39. The number of amides is 3. The second kappa shape index (κ2) is 7.82. The molecule has 0 spiro atoms. The summed E-state index contributed by atoms with van der Waals surface area (Å²) < 4.78 is 21.8. The molecule has 0 radical (unpaired) electrons. The average molecular weight is 361 g/mol. The fourth-order valence-corrected chi connectivity index (χ4v) is 2.87. The van der Waals surface area contributed by atoms with Gasteiger partial charge < -0.3 is 35.9 Å². The van der Waals surface area contributed by atoms with Crippen molar-refractivity contribution in [1.29, 1.82) is 0 Å². The zero-order valence-corrected chi connectivity index (χ0v) is 13.2. The smallest absolute Gasteiger partial charge is 0.328 e. The van der Waals surface area contributed by atoms with Crippen LogP contribution in [0.2, 0.25) is 0 Å². The molecule has 0 saturated heterocycles. The van der Waals surface area contributed by atoms with Gasteiger partial charge >= 0.3 is 15.2 Å². The molecule has 0 heterocycles. The predicted molar refractivity (Wildman–Crippen MR) is 72.6 cm³/mol. The number of nitrogens with one attached hydrogen (secondary N) is 2. The van der Waals surface area contributed by atoms with E-state index in [4.69, 9.17) is 25.3 Å². The first-order valence-corrected chi connectivity index (χ1v) is 9.27. The third-order valence-corrected chi connectivity index (χ3v) is 3.88. The maximum absolute atomic E-state index is 11.8. The van der Waals surface area contributed by atoms with E-state index in [2.05, 4.69) is 0 Å². The van der Waals surface area contributed by atoms with E-state index < -0.39 is 57.3 Å². The summed E-state index contributed by atoms with van der Waals surface area (Å²) in [5.41, 5.74) is 4.88. The van der Waals surface area contributed by atoms with Gasteiger partial charge in [0, 0.05) is 6.92 Å². The maximum Gasteiger partial charge on any atom is 0.328 e. The first-order chi connectivity index (χ1) is 9.71. The van der Waals surface area contributed by atoms with E-state index >= 15 is 0 Å². The first-order valence-electron chi connectivity index (χ1n) is 5.67.